The molecule has 0 saturated carbocycles. The highest BCUT2D eigenvalue weighted by Gasteiger charge is 2.31. The summed E-state index contributed by atoms with van der Waals surface area (Å²) in [6, 6.07) is 8.38. The first-order valence-corrected chi connectivity index (χ1v) is 8.57. The fourth-order valence-corrected chi connectivity index (χ4v) is 2.72. The van der Waals surface area contributed by atoms with Gasteiger partial charge in [-0.3, -0.25) is 14.9 Å². The molecule has 0 aliphatic carbocycles. The lowest BCUT2D eigenvalue weighted by Crippen LogP contribution is -3.11. The quantitative estimate of drug-likeness (QED) is 0.531. The normalized spacial score (nSPS) is 12.6. The molecule has 0 fully saturated rings. The van der Waals surface area contributed by atoms with Crippen molar-refractivity contribution in [3.63, 3.8) is 0 Å². The third kappa shape index (κ3) is 5.55. The number of hydrogen-bond acceptors (Lipinski definition) is 3. The second-order valence-corrected chi connectivity index (χ2v) is 6.21. The average molecular weight is 409 g/mol. The van der Waals surface area contributed by atoms with Crippen LogP contribution in [0.4, 0.5) is 23.7 Å². The Morgan fingerprint density at radius 1 is 1.00 bits per heavy atom. The number of amides is 4. The van der Waals surface area contributed by atoms with Gasteiger partial charge in [0.25, 0.3) is 11.8 Å². The molecule has 0 aromatic heterocycles. The second kappa shape index (κ2) is 9.69. The first kappa shape index (κ1) is 21.9. The maximum Gasteiger partial charge on any atom is 0.321 e. The molecule has 2 rings (SSSR count). The molecule has 10 heteroatoms. The molecular formula is C19H20F3N4O3+. The average Bonchev–Trinajstić information content (AvgIpc) is 2.69. The summed E-state index contributed by atoms with van der Waals surface area (Å²) >= 11 is 0. The fraction of sp³-hybridized carbons (Fsp3) is 0.211. The van der Waals surface area contributed by atoms with Crippen LogP contribution in [0.2, 0.25) is 0 Å². The molecule has 29 heavy (non-hydrogen) atoms. The first-order chi connectivity index (χ1) is 13.7. The van der Waals surface area contributed by atoms with Crippen LogP contribution in [0, 0.1) is 17.5 Å². The van der Waals surface area contributed by atoms with Crippen LogP contribution in [-0.4, -0.2) is 38.5 Å². The van der Waals surface area contributed by atoms with E-state index < -0.39 is 47.0 Å². The lowest BCUT2D eigenvalue weighted by atomic mass is 10.0. The number of halogens is 3. The molecule has 4 amide bonds. The van der Waals surface area contributed by atoms with Gasteiger partial charge in [0.1, 0.15) is 0 Å². The van der Waals surface area contributed by atoms with E-state index in [9.17, 15) is 27.6 Å². The van der Waals surface area contributed by atoms with E-state index in [0.717, 1.165) is 6.07 Å². The Kier molecular flexibility index (Phi) is 7.32. The third-order valence-electron chi connectivity index (χ3n) is 4.10. The number of rotatable bonds is 6. The first-order valence-electron chi connectivity index (χ1n) is 8.57. The van der Waals surface area contributed by atoms with Crippen LogP contribution in [-0.2, 0) is 9.59 Å². The van der Waals surface area contributed by atoms with Crippen LogP contribution in [0.15, 0.2) is 42.5 Å². The summed E-state index contributed by atoms with van der Waals surface area (Å²) in [4.78, 5) is 36.7. The van der Waals surface area contributed by atoms with Gasteiger partial charge in [-0.25, -0.2) is 18.0 Å². The standard InChI is InChI=1S/C19H19F3N4O3/c1-23-19(29)25-18(28)17(11-6-4-3-5-7-11)26(2)10-14(27)24-13-9-8-12(20)15(21)16(13)22/h3-9,17H,10H2,1-2H3,(H,24,27)(H2,23,25,28,29)/p+1/t17-/m1/s1. The second-order valence-electron chi connectivity index (χ2n) is 6.21. The van der Waals surface area contributed by atoms with E-state index in [1.54, 1.807) is 30.3 Å². The summed E-state index contributed by atoms with van der Waals surface area (Å²) in [5.41, 5.74) is 0.0194. The predicted octanol–water partition coefficient (Wildman–Crippen LogP) is 0.754. The zero-order valence-corrected chi connectivity index (χ0v) is 15.7. The van der Waals surface area contributed by atoms with Crippen molar-refractivity contribution < 1.29 is 32.5 Å². The molecular weight excluding hydrogens is 389 g/mol. The fourth-order valence-electron chi connectivity index (χ4n) is 2.72. The summed E-state index contributed by atoms with van der Waals surface area (Å²) in [6.45, 7) is -0.320. The number of benzene rings is 2. The van der Waals surface area contributed by atoms with Crippen molar-refractivity contribution in [3.05, 3.63) is 65.5 Å². The minimum atomic E-state index is -1.70. The van der Waals surface area contributed by atoms with Gasteiger partial charge in [0.2, 0.25) is 0 Å². The number of anilines is 1. The van der Waals surface area contributed by atoms with Crippen LogP contribution in [0.25, 0.3) is 0 Å². The van der Waals surface area contributed by atoms with Crippen LogP contribution in [0.1, 0.15) is 11.6 Å². The number of nitrogens with one attached hydrogen (secondary N) is 4. The molecule has 2 aromatic rings. The molecule has 0 heterocycles. The Morgan fingerprint density at radius 2 is 1.66 bits per heavy atom. The van der Waals surface area contributed by atoms with E-state index in [-0.39, 0.29) is 6.54 Å². The third-order valence-corrected chi connectivity index (χ3v) is 4.10. The molecule has 0 spiro atoms. The minimum absolute atomic E-state index is 0.320. The molecule has 0 aliphatic rings. The Balaban J connectivity index is 2.17. The summed E-state index contributed by atoms with van der Waals surface area (Å²) in [5, 5.41) is 6.58. The Morgan fingerprint density at radius 3 is 2.28 bits per heavy atom. The topological polar surface area (TPSA) is 91.7 Å². The maximum absolute atomic E-state index is 13.7. The molecule has 0 aliphatic heterocycles. The summed E-state index contributed by atoms with van der Waals surface area (Å²) in [6.07, 6.45) is 0. The van der Waals surface area contributed by atoms with Gasteiger partial charge >= 0.3 is 6.03 Å². The highest BCUT2D eigenvalue weighted by molar-refractivity contribution is 5.97. The van der Waals surface area contributed by atoms with Gasteiger partial charge in [-0.05, 0) is 12.1 Å². The van der Waals surface area contributed by atoms with Gasteiger partial charge in [-0.2, -0.15) is 0 Å². The molecule has 2 aromatic carbocycles. The van der Waals surface area contributed by atoms with Crippen LogP contribution in [0.3, 0.4) is 0 Å². The van der Waals surface area contributed by atoms with Crippen LogP contribution in [0.5, 0.6) is 0 Å². The van der Waals surface area contributed by atoms with Gasteiger partial charge in [0, 0.05) is 12.6 Å². The Bertz CT molecular complexity index is 909. The van der Waals surface area contributed by atoms with Crippen LogP contribution >= 0.6 is 0 Å². The van der Waals surface area contributed by atoms with Gasteiger partial charge in [0.05, 0.1) is 12.7 Å². The minimum Gasteiger partial charge on any atom is -0.341 e. The van der Waals surface area contributed by atoms with Gasteiger partial charge in [-0.15, -0.1) is 0 Å². The maximum atomic E-state index is 13.7. The van der Waals surface area contributed by atoms with E-state index in [2.05, 4.69) is 16.0 Å². The van der Waals surface area contributed by atoms with Crippen LogP contribution < -0.4 is 20.9 Å². The lowest BCUT2D eigenvalue weighted by molar-refractivity contribution is -0.894. The lowest BCUT2D eigenvalue weighted by Gasteiger charge is -2.24. The van der Waals surface area contributed by atoms with Gasteiger partial charge in [0.15, 0.2) is 30.0 Å². The van der Waals surface area contributed by atoms with E-state index in [1.807, 2.05) is 0 Å². The zero-order chi connectivity index (χ0) is 21.6. The molecule has 4 N–H and O–H groups in total. The van der Waals surface area contributed by atoms with Gasteiger partial charge < -0.3 is 15.5 Å². The highest BCUT2D eigenvalue weighted by atomic mass is 19.2. The number of carbonyl (C=O) groups is 3. The largest absolute Gasteiger partial charge is 0.341 e. The molecule has 154 valence electrons. The SMILES string of the molecule is CNC(=O)NC(=O)[C@@H](c1ccccc1)[NH+](C)CC(=O)Nc1ccc(F)c(F)c1F. The van der Waals surface area contributed by atoms with Gasteiger partial charge in [-0.1, -0.05) is 30.3 Å². The zero-order valence-electron chi connectivity index (χ0n) is 15.7. The van der Waals surface area contributed by atoms with Crippen molar-refractivity contribution in [1.29, 1.82) is 0 Å². The number of urea groups is 1. The highest BCUT2D eigenvalue weighted by Crippen LogP contribution is 2.19. The summed E-state index contributed by atoms with van der Waals surface area (Å²) < 4.78 is 40.1. The van der Waals surface area contributed by atoms with E-state index in [1.165, 1.54) is 14.1 Å². The van der Waals surface area contributed by atoms with Crippen molar-refractivity contribution in [2.24, 2.45) is 0 Å². The smallest absolute Gasteiger partial charge is 0.321 e. The summed E-state index contributed by atoms with van der Waals surface area (Å²) in [7, 11) is 2.88. The molecule has 1 unspecified atom stereocenters. The molecule has 2 atom stereocenters. The van der Waals surface area contributed by atoms with E-state index in [0.29, 0.717) is 16.5 Å². The van der Waals surface area contributed by atoms with Crippen molar-refractivity contribution in [1.82, 2.24) is 10.6 Å². The molecule has 0 saturated heterocycles. The van der Waals surface area contributed by atoms with E-state index >= 15 is 0 Å². The van der Waals surface area contributed by atoms with E-state index in [4.69, 9.17) is 0 Å². The number of imide groups is 1. The Hall–Kier alpha value is -3.40. The summed E-state index contributed by atoms with van der Waals surface area (Å²) in [5.74, 6) is -5.98. The number of hydrogen-bond donors (Lipinski definition) is 4. The monoisotopic (exact) mass is 409 g/mol. The molecule has 7 nitrogen and oxygen atoms in total. The number of carbonyl (C=O) groups excluding carboxylic acids is 3. The number of quaternary nitrogens is 1. The van der Waals surface area contributed by atoms with Crippen molar-refractivity contribution >= 4 is 23.5 Å². The molecule has 0 radical (unpaired) electrons. The Labute approximate surface area is 164 Å². The van der Waals surface area contributed by atoms with Crippen molar-refractivity contribution in [2.45, 2.75) is 6.04 Å². The predicted molar refractivity (Wildman–Crippen MR) is 98.5 cm³/mol. The van der Waals surface area contributed by atoms with Crippen molar-refractivity contribution in [2.75, 3.05) is 26.0 Å². The molecule has 0 bridgehead atoms. The van der Waals surface area contributed by atoms with Crippen molar-refractivity contribution in [3.8, 4) is 0 Å². The number of likely N-dealkylation sites (N-methyl/N-ethyl adjacent to an activating group) is 1.